The van der Waals surface area contributed by atoms with E-state index in [1.54, 1.807) is 12.1 Å². The molecule has 3 aromatic rings. The van der Waals surface area contributed by atoms with Crippen molar-refractivity contribution in [1.29, 1.82) is 0 Å². The maximum atomic E-state index is 11.6. The van der Waals surface area contributed by atoms with Crippen molar-refractivity contribution in [3.63, 3.8) is 0 Å². The lowest BCUT2D eigenvalue weighted by molar-refractivity contribution is -0.152. The second-order valence-electron chi connectivity index (χ2n) is 8.30. The highest BCUT2D eigenvalue weighted by atomic mass is 35.5. The van der Waals surface area contributed by atoms with Gasteiger partial charge >= 0.3 is 11.9 Å². The Morgan fingerprint density at radius 1 is 0.703 bits per heavy atom. The molecular formula is C28H33ClO8. The summed E-state index contributed by atoms with van der Waals surface area (Å²) >= 11 is 6.38. The van der Waals surface area contributed by atoms with E-state index < -0.39 is 24.1 Å². The van der Waals surface area contributed by atoms with E-state index in [2.05, 4.69) is 0 Å². The van der Waals surface area contributed by atoms with E-state index in [9.17, 15) is 9.59 Å². The Balaban J connectivity index is 2.02. The first-order valence-electron chi connectivity index (χ1n) is 12.2. The van der Waals surface area contributed by atoms with E-state index >= 15 is 0 Å². The molecule has 0 amide bonds. The minimum absolute atomic E-state index is 0.0915. The van der Waals surface area contributed by atoms with Crippen LogP contribution in [-0.4, -0.2) is 63.8 Å². The van der Waals surface area contributed by atoms with Gasteiger partial charge in [0.2, 0.25) is 0 Å². The third-order valence-electron chi connectivity index (χ3n) is 5.40. The zero-order valence-corrected chi connectivity index (χ0v) is 22.3. The summed E-state index contributed by atoms with van der Waals surface area (Å²) in [6, 6.07) is 13.1. The Morgan fingerprint density at radius 2 is 1.16 bits per heavy atom. The molecule has 37 heavy (non-hydrogen) atoms. The molecule has 0 aliphatic heterocycles. The summed E-state index contributed by atoms with van der Waals surface area (Å²) < 4.78 is 34.2. The molecule has 0 radical (unpaired) electrons. The molecule has 0 aliphatic rings. The molecule has 0 saturated carbocycles. The van der Waals surface area contributed by atoms with Crippen molar-refractivity contribution in [2.75, 3.05) is 39.6 Å². The highest BCUT2D eigenvalue weighted by Crippen LogP contribution is 2.43. The lowest BCUT2D eigenvalue weighted by Crippen LogP contribution is -2.29. The zero-order chi connectivity index (χ0) is 26.8. The fraction of sp³-hybridized carbons (Fsp3) is 0.429. The number of carbonyl (C=O) groups is 2. The van der Waals surface area contributed by atoms with Gasteiger partial charge < -0.3 is 28.4 Å². The molecule has 8 nitrogen and oxygen atoms in total. The van der Waals surface area contributed by atoms with E-state index in [1.165, 1.54) is 13.8 Å². The second kappa shape index (κ2) is 14.0. The smallest absolute Gasteiger partial charge is 0.303 e. The minimum atomic E-state index is -0.579. The molecule has 2 unspecified atom stereocenters. The maximum absolute atomic E-state index is 11.6. The molecule has 0 heterocycles. The van der Waals surface area contributed by atoms with Crippen LogP contribution in [0, 0.1) is 0 Å². The maximum Gasteiger partial charge on any atom is 0.303 e. The van der Waals surface area contributed by atoms with Crippen LogP contribution < -0.4 is 9.47 Å². The number of benzene rings is 3. The van der Waals surface area contributed by atoms with E-state index in [0.717, 1.165) is 21.5 Å². The van der Waals surface area contributed by atoms with Gasteiger partial charge in [-0.1, -0.05) is 35.9 Å². The normalized spacial score (nSPS) is 12.8. The molecule has 0 aromatic heterocycles. The zero-order valence-electron chi connectivity index (χ0n) is 21.6. The van der Waals surface area contributed by atoms with Gasteiger partial charge in [-0.2, -0.15) is 0 Å². The first kappa shape index (κ1) is 28.5. The summed E-state index contributed by atoms with van der Waals surface area (Å²) in [5.74, 6) is 0.367. The van der Waals surface area contributed by atoms with Crippen LogP contribution in [0.3, 0.4) is 0 Å². The molecule has 200 valence electrons. The molecular weight excluding hydrogens is 500 g/mol. The summed E-state index contributed by atoms with van der Waals surface area (Å²) in [6.07, 6.45) is -1.15. The highest BCUT2D eigenvalue weighted by molar-refractivity contribution is 6.31. The molecule has 3 aromatic carbocycles. The molecule has 0 N–H and O–H groups in total. The topological polar surface area (TPSA) is 89.5 Å². The van der Waals surface area contributed by atoms with Crippen molar-refractivity contribution in [3.05, 3.63) is 47.5 Å². The average Bonchev–Trinajstić information content (AvgIpc) is 2.86. The summed E-state index contributed by atoms with van der Waals surface area (Å²) in [6.45, 7) is 8.05. The SMILES string of the molecule is CCOCC(COc1c2ccccc2c(OCC(COCC)OC(C)=O)c2cc(Cl)ccc12)OC(C)=O. The third kappa shape index (κ3) is 7.95. The number of esters is 2. The lowest BCUT2D eigenvalue weighted by atomic mass is 10.0. The van der Waals surface area contributed by atoms with Crippen LogP contribution in [0.2, 0.25) is 5.02 Å². The first-order valence-corrected chi connectivity index (χ1v) is 12.6. The fourth-order valence-corrected chi connectivity index (χ4v) is 4.11. The Kier molecular flexibility index (Phi) is 10.8. The molecule has 0 aliphatic carbocycles. The number of rotatable bonds is 14. The van der Waals surface area contributed by atoms with Gasteiger partial charge in [-0.3, -0.25) is 9.59 Å². The van der Waals surface area contributed by atoms with E-state index in [-0.39, 0.29) is 26.4 Å². The Labute approximate surface area is 221 Å². The van der Waals surface area contributed by atoms with Gasteiger partial charge in [0, 0.05) is 53.6 Å². The van der Waals surface area contributed by atoms with Crippen molar-refractivity contribution in [2.45, 2.75) is 39.9 Å². The first-order chi connectivity index (χ1) is 17.8. The van der Waals surface area contributed by atoms with Crippen LogP contribution >= 0.6 is 11.6 Å². The van der Waals surface area contributed by atoms with Crippen molar-refractivity contribution < 1.29 is 38.0 Å². The molecule has 0 saturated heterocycles. The van der Waals surface area contributed by atoms with Crippen molar-refractivity contribution in [2.24, 2.45) is 0 Å². The highest BCUT2D eigenvalue weighted by Gasteiger charge is 2.21. The van der Waals surface area contributed by atoms with Gasteiger partial charge in [0.1, 0.15) is 24.7 Å². The van der Waals surface area contributed by atoms with E-state index in [0.29, 0.717) is 29.7 Å². The van der Waals surface area contributed by atoms with Crippen LogP contribution in [0.1, 0.15) is 27.7 Å². The molecule has 0 spiro atoms. The van der Waals surface area contributed by atoms with Crippen LogP contribution in [0.25, 0.3) is 21.5 Å². The fourth-order valence-electron chi connectivity index (χ4n) is 3.94. The van der Waals surface area contributed by atoms with Crippen LogP contribution in [0.15, 0.2) is 42.5 Å². The molecule has 9 heteroatoms. The van der Waals surface area contributed by atoms with E-state index in [4.69, 9.17) is 40.0 Å². The van der Waals surface area contributed by atoms with Gasteiger partial charge in [0.05, 0.1) is 13.2 Å². The lowest BCUT2D eigenvalue weighted by Gasteiger charge is -2.22. The third-order valence-corrected chi connectivity index (χ3v) is 5.63. The molecule has 2 atom stereocenters. The Hall–Kier alpha value is -3.07. The van der Waals surface area contributed by atoms with E-state index in [1.807, 2.05) is 44.2 Å². The molecule has 3 rings (SSSR count). The van der Waals surface area contributed by atoms with Gasteiger partial charge in [-0.15, -0.1) is 0 Å². The number of carbonyl (C=O) groups excluding carboxylic acids is 2. The standard InChI is InChI=1S/C28H33ClO8/c1-5-32-14-21(36-18(3)30)16-34-27-23-9-7-8-10-24(23)28(26-13-20(29)11-12-25(26)27)35-17-22(15-33-6-2)37-19(4)31/h7-13,21-22H,5-6,14-17H2,1-4H3. The quantitative estimate of drug-likeness (QED) is 0.203. The van der Waals surface area contributed by atoms with Gasteiger partial charge in [0.15, 0.2) is 12.2 Å². The molecule has 0 fully saturated rings. The van der Waals surface area contributed by atoms with Crippen LogP contribution in [-0.2, 0) is 28.5 Å². The average molecular weight is 533 g/mol. The largest absolute Gasteiger partial charge is 0.488 e. The summed E-state index contributed by atoms with van der Waals surface area (Å²) in [5.41, 5.74) is 0. The predicted molar refractivity (Wildman–Crippen MR) is 142 cm³/mol. The monoisotopic (exact) mass is 532 g/mol. The number of hydrogen-bond acceptors (Lipinski definition) is 8. The number of hydrogen-bond donors (Lipinski definition) is 0. The number of ether oxygens (including phenoxy) is 6. The van der Waals surface area contributed by atoms with Crippen molar-refractivity contribution in [3.8, 4) is 11.5 Å². The van der Waals surface area contributed by atoms with Gasteiger partial charge in [-0.05, 0) is 32.0 Å². The van der Waals surface area contributed by atoms with Gasteiger partial charge in [0.25, 0.3) is 0 Å². The number of fused-ring (bicyclic) bond motifs is 2. The van der Waals surface area contributed by atoms with Crippen LogP contribution in [0.5, 0.6) is 11.5 Å². The summed E-state index contributed by atoms with van der Waals surface area (Å²) in [5, 5.41) is 3.62. The Morgan fingerprint density at radius 3 is 1.62 bits per heavy atom. The predicted octanol–water partition coefficient (Wildman–Crippen LogP) is 5.34. The second-order valence-corrected chi connectivity index (χ2v) is 8.73. The summed E-state index contributed by atoms with van der Waals surface area (Å²) in [7, 11) is 0. The van der Waals surface area contributed by atoms with Crippen LogP contribution in [0.4, 0.5) is 0 Å². The van der Waals surface area contributed by atoms with Gasteiger partial charge in [-0.25, -0.2) is 0 Å². The minimum Gasteiger partial charge on any atom is -0.488 e. The Bertz CT molecular complexity index is 1210. The van der Waals surface area contributed by atoms with Crippen molar-refractivity contribution >= 4 is 45.1 Å². The number of halogens is 1. The summed E-state index contributed by atoms with van der Waals surface area (Å²) in [4.78, 5) is 23.2. The van der Waals surface area contributed by atoms with Crippen molar-refractivity contribution in [1.82, 2.24) is 0 Å². The molecule has 0 bridgehead atoms.